The van der Waals surface area contributed by atoms with Gasteiger partial charge in [-0.25, -0.2) is 4.98 Å². The van der Waals surface area contributed by atoms with Gasteiger partial charge in [-0.3, -0.25) is 0 Å². The Morgan fingerprint density at radius 2 is 1.62 bits per heavy atom. The smallest absolute Gasteiger partial charge is 0.223 e. The van der Waals surface area contributed by atoms with Gasteiger partial charge in [0.15, 0.2) is 5.16 Å². The number of thioether (sulfide) groups is 1. The lowest BCUT2D eigenvalue weighted by molar-refractivity contribution is 0.449. The first-order chi connectivity index (χ1) is 12.5. The van der Waals surface area contributed by atoms with E-state index in [4.69, 9.17) is 9.72 Å². The molecule has 0 atom stereocenters. The minimum absolute atomic E-state index is 0.315. The van der Waals surface area contributed by atoms with Crippen molar-refractivity contribution in [3.8, 4) is 11.6 Å². The fraction of sp³-hybridized carbons (Fsp3) is 0.273. The third kappa shape index (κ3) is 4.64. The minimum atomic E-state index is 0.315. The summed E-state index contributed by atoms with van der Waals surface area (Å²) >= 11 is 1.65. The van der Waals surface area contributed by atoms with E-state index in [-0.39, 0.29) is 0 Å². The Kier molecular flexibility index (Phi) is 5.94. The first-order valence-corrected chi connectivity index (χ1v) is 9.81. The fourth-order valence-electron chi connectivity index (χ4n) is 2.53. The third-order valence-electron chi connectivity index (χ3n) is 4.22. The molecule has 0 N–H and O–H groups in total. The zero-order chi connectivity index (χ0) is 18.5. The SMILES string of the molecule is Cc1ccccc1CSc1nc(Oc2ccccc2C)cc(C(C)C)n1. The van der Waals surface area contributed by atoms with Crippen molar-refractivity contribution in [2.75, 3.05) is 0 Å². The molecule has 0 bridgehead atoms. The van der Waals surface area contributed by atoms with Crippen LogP contribution in [-0.2, 0) is 5.75 Å². The van der Waals surface area contributed by atoms with Gasteiger partial charge in [-0.1, -0.05) is 68.1 Å². The Balaban J connectivity index is 1.84. The van der Waals surface area contributed by atoms with Gasteiger partial charge < -0.3 is 4.74 Å². The molecule has 0 saturated carbocycles. The van der Waals surface area contributed by atoms with Crippen LogP contribution in [0.2, 0.25) is 0 Å². The van der Waals surface area contributed by atoms with Crippen molar-refractivity contribution in [2.24, 2.45) is 0 Å². The van der Waals surface area contributed by atoms with Gasteiger partial charge in [0.2, 0.25) is 5.88 Å². The normalized spacial score (nSPS) is 11.0. The Morgan fingerprint density at radius 3 is 2.31 bits per heavy atom. The number of benzene rings is 2. The molecule has 3 aromatic rings. The molecule has 26 heavy (non-hydrogen) atoms. The van der Waals surface area contributed by atoms with E-state index in [0.29, 0.717) is 11.8 Å². The molecule has 0 saturated heterocycles. The second kappa shape index (κ2) is 8.37. The number of hydrogen-bond acceptors (Lipinski definition) is 4. The van der Waals surface area contributed by atoms with Crippen LogP contribution in [0.5, 0.6) is 11.6 Å². The third-order valence-corrected chi connectivity index (χ3v) is 5.12. The van der Waals surface area contributed by atoms with Crippen LogP contribution in [0.25, 0.3) is 0 Å². The zero-order valence-electron chi connectivity index (χ0n) is 15.7. The van der Waals surface area contributed by atoms with Gasteiger partial charge in [-0.2, -0.15) is 4.98 Å². The van der Waals surface area contributed by atoms with E-state index in [1.807, 2.05) is 37.3 Å². The second-order valence-corrected chi connectivity index (χ2v) is 7.59. The van der Waals surface area contributed by atoms with Crippen molar-refractivity contribution >= 4 is 11.8 Å². The highest BCUT2D eigenvalue weighted by molar-refractivity contribution is 7.98. The van der Waals surface area contributed by atoms with Gasteiger partial charge in [0.25, 0.3) is 0 Å². The average Bonchev–Trinajstić information content (AvgIpc) is 2.63. The summed E-state index contributed by atoms with van der Waals surface area (Å²) in [5, 5.41) is 0.753. The van der Waals surface area contributed by atoms with E-state index < -0.39 is 0 Å². The molecule has 3 rings (SSSR count). The van der Waals surface area contributed by atoms with Crippen LogP contribution in [0.3, 0.4) is 0 Å². The van der Waals surface area contributed by atoms with Crippen LogP contribution in [0.4, 0.5) is 0 Å². The summed E-state index contributed by atoms with van der Waals surface area (Å²) in [6.45, 7) is 8.44. The van der Waals surface area contributed by atoms with Gasteiger partial charge in [0.1, 0.15) is 5.75 Å². The standard InChI is InChI=1S/C22H24N2OS/c1-15(2)19-13-21(25-20-12-8-6-10-17(20)4)24-22(23-19)26-14-18-11-7-5-9-16(18)3/h5-13,15H,14H2,1-4H3. The van der Waals surface area contributed by atoms with Crippen LogP contribution >= 0.6 is 11.8 Å². The molecule has 0 amide bonds. The largest absolute Gasteiger partial charge is 0.439 e. The molecule has 1 heterocycles. The summed E-state index contributed by atoms with van der Waals surface area (Å²) in [4.78, 5) is 9.34. The summed E-state index contributed by atoms with van der Waals surface area (Å²) < 4.78 is 6.05. The van der Waals surface area contributed by atoms with Crippen LogP contribution in [0, 0.1) is 13.8 Å². The maximum Gasteiger partial charge on any atom is 0.223 e. The number of para-hydroxylation sites is 1. The molecule has 4 heteroatoms. The topological polar surface area (TPSA) is 35.0 Å². The molecule has 0 fully saturated rings. The highest BCUT2D eigenvalue weighted by Crippen LogP contribution is 2.29. The van der Waals surface area contributed by atoms with E-state index in [9.17, 15) is 0 Å². The quantitative estimate of drug-likeness (QED) is 0.380. The Bertz CT molecular complexity index is 893. The zero-order valence-corrected chi connectivity index (χ0v) is 16.5. The molecular formula is C22H24N2OS. The fourth-order valence-corrected chi connectivity index (χ4v) is 3.46. The summed E-state index contributed by atoms with van der Waals surface area (Å²) in [5.41, 5.74) is 4.68. The average molecular weight is 365 g/mol. The highest BCUT2D eigenvalue weighted by Gasteiger charge is 2.11. The number of aromatic nitrogens is 2. The van der Waals surface area contributed by atoms with Crippen LogP contribution in [0.1, 0.15) is 42.1 Å². The van der Waals surface area contributed by atoms with Crippen LogP contribution in [-0.4, -0.2) is 9.97 Å². The van der Waals surface area contributed by atoms with Gasteiger partial charge in [-0.05, 0) is 42.5 Å². The molecule has 3 nitrogen and oxygen atoms in total. The van der Waals surface area contributed by atoms with Crippen LogP contribution in [0.15, 0.2) is 59.8 Å². The van der Waals surface area contributed by atoms with Crippen molar-refractivity contribution in [1.29, 1.82) is 0 Å². The van der Waals surface area contributed by atoms with E-state index >= 15 is 0 Å². The molecule has 134 valence electrons. The van der Waals surface area contributed by atoms with E-state index in [0.717, 1.165) is 27.9 Å². The molecule has 0 aliphatic rings. The van der Waals surface area contributed by atoms with Crippen molar-refractivity contribution < 1.29 is 4.74 Å². The second-order valence-electron chi connectivity index (χ2n) is 6.65. The molecule has 0 unspecified atom stereocenters. The van der Waals surface area contributed by atoms with E-state index in [2.05, 4.69) is 50.0 Å². The molecule has 0 spiro atoms. The van der Waals surface area contributed by atoms with E-state index in [1.165, 1.54) is 11.1 Å². The van der Waals surface area contributed by atoms with Gasteiger partial charge in [-0.15, -0.1) is 0 Å². The van der Waals surface area contributed by atoms with Crippen molar-refractivity contribution in [2.45, 2.75) is 44.5 Å². The lowest BCUT2D eigenvalue weighted by atomic mass is 10.1. The summed E-state index contributed by atoms with van der Waals surface area (Å²) in [5.74, 6) is 2.59. The Hall–Kier alpha value is -2.33. The van der Waals surface area contributed by atoms with Gasteiger partial charge in [0, 0.05) is 11.8 Å². The van der Waals surface area contributed by atoms with Gasteiger partial charge >= 0.3 is 0 Å². The van der Waals surface area contributed by atoms with Crippen molar-refractivity contribution in [3.05, 3.63) is 77.0 Å². The first kappa shape index (κ1) is 18.5. The molecule has 0 aliphatic heterocycles. The maximum absolute atomic E-state index is 6.05. The Morgan fingerprint density at radius 1 is 0.923 bits per heavy atom. The lowest BCUT2D eigenvalue weighted by Gasteiger charge is -2.12. The number of nitrogens with zero attached hydrogens (tertiary/aromatic N) is 2. The predicted octanol–water partition coefficient (Wildman–Crippen LogP) is 6.30. The molecule has 0 radical (unpaired) electrons. The molecule has 0 aliphatic carbocycles. The summed E-state index contributed by atoms with van der Waals surface area (Å²) in [7, 11) is 0. The van der Waals surface area contributed by atoms with Crippen molar-refractivity contribution in [1.82, 2.24) is 9.97 Å². The molecular weight excluding hydrogens is 340 g/mol. The number of aryl methyl sites for hydroxylation is 2. The maximum atomic E-state index is 6.05. The highest BCUT2D eigenvalue weighted by atomic mass is 32.2. The first-order valence-electron chi connectivity index (χ1n) is 8.82. The minimum Gasteiger partial charge on any atom is -0.439 e. The monoisotopic (exact) mass is 364 g/mol. The molecule has 2 aromatic carbocycles. The predicted molar refractivity (Wildman–Crippen MR) is 108 cm³/mol. The van der Waals surface area contributed by atoms with E-state index in [1.54, 1.807) is 11.8 Å². The lowest BCUT2D eigenvalue weighted by Crippen LogP contribution is -2.00. The Labute approximate surface area is 159 Å². The van der Waals surface area contributed by atoms with Crippen LogP contribution < -0.4 is 4.74 Å². The van der Waals surface area contributed by atoms with Crippen molar-refractivity contribution in [3.63, 3.8) is 0 Å². The number of rotatable bonds is 6. The summed E-state index contributed by atoms with van der Waals surface area (Å²) in [6, 6.07) is 18.3. The molecule has 1 aromatic heterocycles. The number of ether oxygens (including phenoxy) is 1. The summed E-state index contributed by atoms with van der Waals surface area (Å²) in [6.07, 6.45) is 0. The van der Waals surface area contributed by atoms with Gasteiger partial charge in [0.05, 0.1) is 5.69 Å². The number of hydrogen-bond donors (Lipinski definition) is 0.